The van der Waals surface area contributed by atoms with E-state index in [1.54, 1.807) is 25.4 Å². The maximum Gasteiger partial charge on any atom is 0.184 e. The van der Waals surface area contributed by atoms with Crippen LogP contribution in [0.25, 0.3) is 10.2 Å². The molecule has 1 aromatic carbocycles. The Morgan fingerprint density at radius 3 is 2.93 bits per heavy atom. The molecule has 0 saturated heterocycles. The number of aliphatic hydroxyl groups is 1. The SMILES string of the molecule is CC#Cc1cncc(NCc2ccc3nc(NC4CCCC[C@@H]4O)sc3c2F)n1. The molecule has 0 aliphatic heterocycles. The number of halogens is 1. The number of benzene rings is 1. The van der Waals surface area contributed by atoms with Gasteiger partial charge in [0.05, 0.1) is 34.8 Å². The summed E-state index contributed by atoms with van der Waals surface area (Å²) in [6.07, 6.45) is 6.61. The molecule has 0 bridgehead atoms. The first-order chi connectivity index (χ1) is 14.1. The largest absolute Gasteiger partial charge is 0.391 e. The van der Waals surface area contributed by atoms with Crippen molar-refractivity contribution in [2.75, 3.05) is 10.6 Å². The molecule has 1 fully saturated rings. The van der Waals surface area contributed by atoms with E-state index in [0.29, 0.717) is 32.4 Å². The molecule has 1 aliphatic carbocycles. The van der Waals surface area contributed by atoms with E-state index in [4.69, 9.17) is 0 Å². The molecule has 4 rings (SSSR count). The van der Waals surface area contributed by atoms with Crippen molar-refractivity contribution >= 4 is 32.5 Å². The average Bonchev–Trinajstić information content (AvgIpc) is 3.13. The van der Waals surface area contributed by atoms with Crippen LogP contribution < -0.4 is 10.6 Å². The Morgan fingerprint density at radius 2 is 2.10 bits per heavy atom. The zero-order valence-corrected chi connectivity index (χ0v) is 16.9. The summed E-state index contributed by atoms with van der Waals surface area (Å²) >= 11 is 1.28. The summed E-state index contributed by atoms with van der Waals surface area (Å²) in [5.41, 5.74) is 1.71. The monoisotopic (exact) mass is 411 g/mol. The average molecular weight is 412 g/mol. The molecule has 150 valence electrons. The van der Waals surface area contributed by atoms with Gasteiger partial charge in [0, 0.05) is 12.1 Å². The van der Waals surface area contributed by atoms with Crippen molar-refractivity contribution in [3.05, 3.63) is 41.6 Å². The minimum absolute atomic E-state index is 0.0226. The van der Waals surface area contributed by atoms with Crippen molar-refractivity contribution in [3.8, 4) is 11.8 Å². The number of rotatable bonds is 5. The van der Waals surface area contributed by atoms with Gasteiger partial charge < -0.3 is 15.7 Å². The molecule has 2 aromatic heterocycles. The van der Waals surface area contributed by atoms with Crippen LogP contribution in [-0.4, -0.2) is 32.2 Å². The molecule has 3 aromatic rings. The zero-order valence-electron chi connectivity index (χ0n) is 16.1. The summed E-state index contributed by atoms with van der Waals surface area (Å²) in [6.45, 7) is 2.01. The maximum absolute atomic E-state index is 15.0. The van der Waals surface area contributed by atoms with Gasteiger partial charge in [0.2, 0.25) is 0 Å². The van der Waals surface area contributed by atoms with Gasteiger partial charge in [-0.1, -0.05) is 36.2 Å². The molecule has 1 unspecified atom stereocenters. The number of hydrogen-bond acceptors (Lipinski definition) is 7. The molecule has 2 heterocycles. The Morgan fingerprint density at radius 1 is 1.24 bits per heavy atom. The lowest BCUT2D eigenvalue weighted by Gasteiger charge is -2.27. The summed E-state index contributed by atoms with van der Waals surface area (Å²) in [5.74, 6) is 5.89. The second-order valence-corrected chi connectivity index (χ2v) is 8.03. The number of aromatic nitrogens is 3. The highest BCUT2D eigenvalue weighted by atomic mass is 32.1. The van der Waals surface area contributed by atoms with Crippen molar-refractivity contribution in [2.24, 2.45) is 0 Å². The molecule has 8 heteroatoms. The van der Waals surface area contributed by atoms with Crippen molar-refractivity contribution in [3.63, 3.8) is 0 Å². The summed E-state index contributed by atoms with van der Waals surface area (Å²) in [4.78, 5) is 12.9. The number of aliphatic hydroxyl groups excluding tert-OH is 1. The zero-order chi connectivity index (χ0) is 20.2. The fraction of sp³-hybridized carbons (Fsp3) is 0.381. The molecule has 2 atom stereocenters. The van der Waals surface area contributed by atoms with Gasteiger partial charge >= 0.3 is 0 Å². The highest BCUT2D eigenvalue weighted by molar-refractivity contribution is 7.22. The van der Waals surface area contributed by atoms with Crippen LogP contribution in [-0.2, 0) is 6.54 Å². The third-order valence-corrected chi connectivity index (χ3v) is 5.96. The molecule has 1 aliphatic rings. The van der Waals surface area contributed by atoms with Crippen LogP contribution >= 0.6 is 11.3 Å². The molecule has 0 spiro atoms. The lowest BCUT2D eigenvalue weighted by atomic mass is 9.93. The van der Waals surface area contributed by atoms with Gasteiger partial charge in [0.1, 0.15) is 17.3 Å². The minimum Gasteiger partial charge on any atom is -0.391 e. The number of hydrogen-bond donors (Lipinski definition) is 3. The van der Waals surface area contributed by atoms with Crippen LogP contribution in [0.5, 0.6) is 0 Å². The van der Waals surface area contributed by atoms with Crippen molar-refractivity contribution in [1.29, 1.82) is 0 Å². The standard InChI is InChI=1S/C21H22FN5OS/c1-2-5-14-11-23-12-18(25-14)24-10-13-8-9-16-20(19(13)22)29-21(27-16)26-15-6-3-4-7-17(15)28/h8-9,11-12,15,17,28H,3-4,6-7,10H2,1H3,(H,24,25)(H,26,27)/t15?,17-/m0/s1. The first-order valence-corrected chi connectivity index (χ1v) is 10.5. The van der Waals surface area contributed by atoms with Gasteiger partial charge in [0.25, 0.3) is 0 Å². The van der Waals surface area contributed by atoms with E-state index >= 15 is 4.39 Å². The van der Waals surface area contributed by atoms with E-state index in [-0.39, 0.29) is 24.5 Å². The number of nitrogens with zero attached hydrogens (tertiary/aromatic N) is 3. The van der Waals surface area contributed by atoms with E-state index in [0.717, 1.165) is 25.7 Å². The third-order valence-electron chi connectivity index (χ3n) is 4.96. The van der Waals surface area contributed by atoms with Gasteiger partial charge in [0.15, 0.2) is 5.13 Å². The second kappa shape index (κ2) is 8.72. The maximum atomic E-state index is 15.0. The second-order valence-electron chi connectivity index (χ2n) is 7.03. The van der Waals surface area contributed by atoms with Crippen LogP contribution in [0.2, 0.25) is 0 Å². The van der Waals surface area contributed by atoms with E-state index in [9.17, 15) is 5.11 Å². The van der Waals surface area contributed by atoms with Gasteiger partial charge in [-0.05, 0) is 31.8 Å². The van der Waals surface area contributed by atoms with Crippen LogP contribution in [0.15, 0.2) is 24.5 Å². The topological polar surface area (TPSA) is 83.0 Å². The summed E-state index contributed by atoms with van der Waals surface area (Å²) in [7, 11) is 0. The minimum atomic E-state index is -0.380. The third kappa shape index (κ3) is 4.47. The predicted octanol–water partition coefficient (Wildman–Crippen LogP) is 3.92. The smallest absolute Gasteiger partial charge is 0.184 e. The van der Waals surface area contributed by atoms with Crippen LogP contribution in [0.4, 0.5) is 15.3 Å². The van der Waals surface area contributed by atoms with Crippen molar-refractivity contribution in [2.45, 2.75) is 51.3 Å². The lowest BCUT2D eigenvalue weighted by molar-refractivity contribution is 0.116. The summed E-state index contributed by atoms with van der Waals surface area (Å²) in [6, 6.07) is 3.52. The highest BCUT2D eigenvalue weighted by Crippen LogP contribution is 2.32. The van der Waals surface area contributed by atoms with E-state index in [2.05, 4.69) is 37.4 Å². The molecular formula is C21H22FN5OS. The van der Waals surface area contributed by atoms with Crippen molar-refractivity contribution < 1.29 is 9.50 Å². The molecular weight excluding hydrogens is 389 g/mol. The van der Waals surface area contributed by atoms with Crippen LogP contribution in [0.3, 0.4) is 0 Å². The van der Waals surface area contributed by atoms with Gasteiger partial charge in [-0.25, -0.2) is 14.4 Å². The van der Waals surface area contributed by atoms with Gasteiger partial charge in [-0.3, -0.25) is 4.98 Å². The van der Waals surface area contributed by atoms with Crippen LogP contribution in [0, 0.1) is 17.7 Å². The molecule has 0 radical (unpaired) electrons. The molecule has 6 nitrogen and oxygen atoms in total. The lowest BCUT2D eigenvalue weighted by Crippen LogP contribution is -2.36. The highest BCUT2D eigenvalue weighted by Gasteiger charge is 2.24. The Kier molecular flexibility index (Phi) is 5.88. The summed E-state index contributed by atoms with van der Waals surface area (Å²) in [5, 5.41) is 17.2. The van der Waals surface area contributed by atoms with E-state index in [1.807, 2.05) is 6.07 Å². The first kappa shape index (κ1) is 19.6. The van der Waals surface area contributed by atoms with Crippen LogP contribution in [0.1, 0.15) is 43.9 Å². The predicted molar refractivity (Wildman–Crippen MR) is 113 cm³/mol. The van der Waals surface area contributed by atoms with Crippen molar-refractivity contribution in [1.82, 2.24) is 15.0 Å². The Bertz CT molecular complexity index is 1070. The number of nitrogens with one attached hydrogen (secondary N) is 2. The molecule has 29 heavy (non-hydrogen) atoms. The summed E-state index contributed by atoms with van der Waals surface area (Å²) < 4.78 is 15.5. The van der Waals surface area contributed by atoms with E-state index in [1.165, 1.54) is 11.3 Å². The molecule has 3 N–H and O–H groups in total. The number of anilines is 2. The molecule has 1 saturated carbocycles. The van der Waals surface area contributed by atoms with Gasteiger partial charge in [-0.15, -0.1) is 0 Å². The van der Waals surface area contributed by atoms with E-state index < -0.39 is 0 Å². The molecule has 0 amide bonds. The number of fused-ring (bicyclic) bond motifs is 1. The fourth-order valence-electron chi connectivity index (χ4n) is 3.46. The Labute approximate surface area is 172 Å². The fourth-order valence-corrected chi connectivity index (χ4v) is 4.45. The quantitative estimate of drug-likeness (QED) is 0.552. The first-order valence-electron chi connectivity index (χ1n) is 9.65. The normalized spacial score (nSPS) is 18.9. The Hall–Kier alpha value is -2.76. The van der Waals surface area contributed by atoms with Gasteiger partial charge in [-0.2, -0.15) is 0 Å². The Balaban J connectivity index is 1.50. The number of thiazole rings is 1.